The molecule has 2 atom stereocenters. The van der Waals surface area contributed by atoms with E-state index in [0.29, 0.717) is 11.6 Å². The van der Waals surface area contributed by atoms with Crippen molar-refractivity contribution in [1.29, 1.82) is 0 Å². The summed E-state index contributed by atoms with van der Waals surface area (Å²) in [7, 11) is 0. The second-order valence-corrected chi connectivity index (χ2v) is 8.44. The van der Waals surface area contributed by atoms with Crippen LogP contribution in [0.5, 0.6) is 0 Å². The molecule has 1 aromatic carbocycles. The van der Waals surface area contributed by atoms with Crippen LogP contribution in [0.15, 0.2) is 60.4 Å². The zero-order valence-corrected chi connectivity index (χ0v) is 17.9. The van der Waals surface area contributed by atoms with Gasteiger partial charge in [-0.2, -0.15) is 0 Å². The van der Waals surface area contributed by atoms with Crippen LogP contribution in [0.4, 0.5) is 0 Å². The number of ether oxygens (including phenoxy) is 1. The molecule has 1 aliphatic heterocycles. The van der Waals surface area contributed by atoms with E-state index in [1.54, 1.807) is 6.20 Å². The second kappa shape index (κ2) is 10.2. The number of carbonyl (C=O) groups excluding carboxylic acids is 1. The SMILES string of the molecule is O=C(NCCN1CCOCC1)[C@H]1CC(Cc2cccnc2)=C[C@H]1c1cccc(Cl)c1. The maximum atomic E-state index is 13.1. The van der Waals surface area contributed by atoms with Crippen molar-refractivity contribution in [3.05, 3.63) is 76.6 Å². The third kappa shape index (κ3) is 5.48. The molecule has 30 heavy (non-hydrogen) atoms. The summed E-state index contributed by atoms with van der Waals surface area (Å²) in [5.74, 6) is 0.0456. The number of pyridine rings is 1. The van der Waals surface area contributed by atoms with Crippen LogP contribution in [0.2, 0.25) is 5.02 Å². The molecule has 0 radical (unpaired) electrons. The topological polar surface area (TPSA) is 54.5 Å². The van der Waals surface area contributed by atoms with Gasteiger partial charge in [-0.1, -0.05) is 41.4 Å². The van der Waals surface area contributed by atoms with Gasteiger partial charge >= 0.3 is 0 Å². The third-order valence-corrected chi connectivity index (χ3v) is 6.12. The smallest absolute Gasteiger partial charge is 0.224 e. The standard InChI is InChI=1S/C24H28ClN3O2/c25-21-5-1-4-20(16-21)22-14-19(13-18-3-2-6-26-17-18)15-23(22)24(29)27-7-8-28-9-11-30-12-10-28/h1-6,14,16-17,22-23H,7-13,15H2,(H,27,29)/t22-,23-/m0/s1. The minimum atomic E-state index is -0.111. The molecule has 5 nitrogen and oxygen atoms in total. The number of rotatable bonds is 7. The van der Waals surface area contributed by atoms with E-state index in [4.69, 9.17) is 16.3 Å². The van der Waals surface area contributed by atoms with Crippen molar-refractivity contribution in [2.45, 2.75) is 18.8 Å². The van der Waals surface area contributed by atoms with Gasteiger partial charge < -0.3 is 10.1 Å². The Morgan fingerprint density at radius 3 is 2.87 bits per heavy atom. The van der Waals surface area contributed by atoms with Crippen molar-refractivity contribution in [2.24, 2.45) is 5.92 Å². The number of aromatic nitrogens is 1. The van der Waals surface area contributed by atoms with Gasteiger partial charge in [0.1, 0.15) is 0 Å². The largest absolute Gasteiger partial charge is 0.379 e. The number of nitrogens with one attached hydrogen (secondary N) is 1. The highest BCUT2D eigenvalue weighted by atomic mass is 35.5. The molecule has 0 unspecified atom stereocenters. The third-order valence-electron chi connectivity index (χ3n) is 5.89. The number of amides is 1. The number of morpholine rings is 1. The molecule has 1 amide bonds. The van der Waals surface area contributed by atoms with E-state index in [-0.39, 0.29) is 17.7 Å². The van der Waals surface area contributed by atoms with Crippen LogP contribution in [-0.2, 0) is 16.0 Å². The molecule has 2 aromatic rings. The predicted octanol–water partition coefficient (Wildman–Crippen LogP) is 3.46. The molecule has 0 spiro atoms. The van der Waals surface area contributed by atoms with E-state index < -0.39 is 0 Å². The molecule has 1 fully saturated rings. The highest BCUT2D eigenvalue weighted by Gasteiger charge is 2.34. The van der Waals surface area contributed by atoms with Crippen LogP contribution < -0.4 is 5.32 Å². The summed E-state index contributed by atoms with van der Waals surface area (Å²) in [5.41, 5.74) is 3.54. The van der Waals surface area contributed by atoms with Crippen molar-refractivity contribution in [1.82, 2.24) is 15.2 Å². The first-order chi connectivity index (χ1) is 14.7. The second-order valence-electron chi connectivity index (χ2n) is 8.00. The monoisotopic (exact) mass is 425 g/mol. The lowest BCUT2D eigenvalue weighted by Crippen LogP contribution is -2.42. The van der Waals surface area contributed by atoms with E-state index in [9.17, 15) is 4.79 Å². The number of allylic oxidation sites excluding steroid dienone is 2. The minimum Gasteiger partial charge on any atom is -0.379 e. The number of hydrogen-bond donors (Lipinski definition) is 1. The lowest BCUT2D eigenvalue weighted by molar-refractivity contribution is -0.125. The summed E-state index contributed by atoms with van der Waals surface area (Å²) in [5, 5.41) is 3.87. The Morgan fingerprint density at radius 2 is 2.10 bits per heavy atom. The molecule has 158 valence electrons. The average Bonchev–Trinajstić information content (AvgIpc) is 3.19. The number of benzene rings is 1. The van der Waals surface area contributed by atoms with Gasteiger partial charge in [0.05, 0.1) is 19.1 Å². The minimum absolute atomic E-state index is 0.0405. The normalized spacial score (nSPS) is 22.0. The van der Waals surface area contributed by atoms with Crippen molar-refractivity contribution >= 4 is 17.5 Å². The van der Waals surface area contributed by atoms with Crippen LogP contribution in [0.3, 0.4) is 0 Å². The lowest BCUT2D eigenvalue weighted by atomic mass is 9.88. The predicted molar refractivity (Wildman–Crippen MR) is 119 cm³/mol. The molecular formula is C24H28ClN3O2. The highest BCUT2D eigenvalue weighted by Crippen LogP contribution is 2.40. The summed E-state index contributed by atoms with van der Waals surface area (Å²) in [4.78, 5) is 19.7. The van der Waals surface area contributed by atoms with Crippen LogP contribution in [-0.4, -0.2) is 55.2 Å². The van der Waals surface area contributed by atoms with Crippen LogP contribution in [0.25, 0.3) is 0 Å². The highest BCUT2D eigenvalue weighted by molar-refractivity contribution is 6.30. The van der Waals surface area contributed by atoms with Crippen LogP contribution in [0.1, 0.15) is 23.5 Å². The molecule has 1 aromatic heterocycles. The summed E-state index contributed by atoms with van der Waals surface area (Å²) in [6, 6.07) is 11.9. The van der Waals surface area contributed by atoms with Gasteiger partial charge in [-0.05, 0) is 42.2 Å². The molecular weight excluding hydrogens is 398 g/mol. The number of hydrogen-bond acceptors (Lipinski definition) is 4. The van der Waals surface area contributed by atoms with E-state index in [0.717, 1.165) is 51.3 Å². The van der Waals surface area contributed by atoms with E-state index >= 15 is 0 Å². The first kappa shape index (κ1) is 21.0. The molecule has 1 saturated heterocycles. The molecule has 0 bridgehead atoms. The average molecular weight is 426 g/mol. The number of nitrogens with zero attached hydrogens (tertiary/aromatic N) is 2. The Kier molecular flexibility index (Phi) is 7.16. The van der Waals surface area contributed by atoms with E-state index in [1.807, 2.05) is 30.5 Å². The van der Waals surface area contributed by atoms with Crippen molar-refractivity contribution in [2.75, 3.05) is 39.4 Å². The maximum Gasteiger partial charge on any atom is 0.224 e. The van der Waals surface area contributed by atoms with Gasteiger partial charge in [0.25, 0.3) is 0 Å². The maximum absolute atomic E-state index is 13.1. The van der Waals surface area contributed by atoms with Gasteiger partial charge in [0, 0.05) is 49.5 Å². The Balaban J connectivity index is 1.43. The summed E-state index contributed by atoms with van der Waals surface area (Å²) >= 11 is 6.24. The van der Waals surface area contributed by atoms with E-state index in [1.165, 1.54) is 11.1 Å². The molecule has 1 aliphatic carbocycles. The van der Waals surface area contributed by atoms with E-state index in [2.05, 4.69) is 33.4 Å². The van der Waals surface area contributed by atoms with Crippen molar-refractivity contribution < 1.29 is 9.53 Å². The Bertz CT molecular complexity index is 881. The zero-order valence-electron chi connectivity index (χ0n) is 17.1. The quantitative estimate of drug-likeness (QED) is 0.690. The molecule has 6 heteroatoms. The first-order valence-corrected chi connectivity index (χ1v) is 11.0. The summed E-state index contributed by atoms with van der Waals surface area (Å²) < 4.78 is 5.39. The summed E-state index contributed by atoms with van der Waals surface area (Å²) in [6.45, 7) is 4.93. The molecule has 1 N–H and O–H groups in total. The van der Waals surface area contributed by atoms with Crippen molar-refractivity contribution in [3.63, 3.8) is 0 Å². The fraction of sp³-hybridized carbons (Fsp3) is 0.417. The van der Waals surface area contributed by atoms with Gasteiger partial charge in [-0.25, -0.2) is 0 Å². The lowest BCUT2D eigenvalue weighted by Gasteiger charge is -2.27. The van der Waals surface area contributed by atoms with Gasteiger partial charge in [-0.3, -0.25) is 14.7 Å². The van der Waals surface area contributed by atoms with Crippen molar-refractivity contribution in [3.8, 4) is 0 Å². The first-order valence-electron chi connectivity index (χ1n) is 10.6. The molecule has 2 aliphatic rings. The molecule has 4 rings (SSSR count). The fourth-order valence-electron chi connectivity index (χ4n) is 4.33. The molecule has 2 heterocycles. The molecule has 0 saturated carbocycles. The number of halogens is 1. The van der Waals surface area contributed by atoms with Gasteiger partial charge in [-0.15, -0.1) is 0 Å². The summed E-state index contributed by atoms with van der Waals surface area (Å²) in [6.07, 6.45) is 7.51. The Hall–Kier alpha value is -2.21. The van der Waals surface area contributed by atoms with Crippen LogP contribution in [0, 0.1) is 5.92 Å². The Morgan fingerprint density at radius 1 is 1.23 bits per heavy atom. The van der Waals surface area contributed by atoms with Gasteiger partial charge in [0.2, 0.25) is 5.91 Å². The van der Waals surface area contributed by atoms with Gasteiger partial charge in [0.15, 0.2) is 0 Å². The Labute approximate surface area is 183 Å². The fourth-order valence-corrected chi connectivity index (χ4v) is 4.53. The van der Waals surface area contributed by atoms with Crippen LogP contribution >= 0.6 is 11.6 Å². The zero-order chi connectivity index (χ0) is 20.8. The number of carbonyl (C=O) groups is 1.